The minimum atomic E-state index is -0.682. The highest BCUT2D eigenvalue weighted by atomic mass is 16.5. The molecule has 0 aliphatic rings. The van der Waals surface area contributed by atoms with Gasteiger partial charge in [0.2, 0.25) is 5.76 Å². The van der Waals surface area contributed by atoms with Crippen LogP contribution in [-0.2, 0) is 9.53 Å². The first-order valence-corrected chi connectivity index (χ1v) is 8.50. The van der Waals surface area contributed by atoms with Crippen LogP contribution in [0.15, 0.2) is 40.8 Å². The first-order chi connectivity index (χ1) is 12.9. The number of benzene rings is 2. The second-order valence-corrected chi connectivity index (χ2v) is 6.36. The number of hydrogen-bond donors (Lipinski definition) is 1. The SMILES string of the molecule is COc1ccc2oc(C(=O)OCC(=O)Nc3cc(C)ccc3C)c(C)c2c1. The molecule has 1 heterocycles. The van der Waals surface area contributed by atoms with E-state index in [-0.39, 0.29) is 5.76 Å². The number of methoxy groups -OCH3 is 1. The average molecular weight is 367 g/mol. The van der Waals surface area contributed by atoms with Gasteiger partial charge in [-0.1, -0.05) is 12.1 Å². The van der Waals surface area contributed by atoms with Gasteiger partial charge in [-0.05, 0) is 56.2 Å². The lowest BCUT2D eigenvalue weighted by Crippen LogP contribution is -2.21. The molecule has 0 bridgehead atoms. The summed E-state index contributed by atoms with van der Waals surface area (Å²) in [5, 5.41) is 3.52. The molecule has 1 aromatic heterocycles. The van der Waals surface area contributed by atoms with Crippen molar-refractivity contribution in [1.29, 1.82) is 0 Å². The number of rotatable bonds is 5. The fourth-order valence-corrected chi connectivity index (χ4v) is 2.78. The van der Waals surface area contributed by atoms with Gasteiger partial charge < -0.3 is 19.2 Å². The Bertz CT molecular complexity index is 1020. The van der Waals surface area contributed by atoms with E-state index in [0.717, 1.165) is 16.5 Å². The number of fused-ring (bicyclic) bond motifs is 1. The lowest BCUT2D eigenvalue weighted by molar-refractivity contribution is -0.119. The van der Waals surface area contributed by atoms with E-state index in [1.54, 1.807) is 32.2 Å². The van der Waals surface area contributed by atoms with E-state index < -0.39 is 18.5 Å². The Balaban J connectivity index is 1.68. The largest absolute Gasteiger partial charge is 0.497 e. The minimum absolute atomic E-state index is 0.0813. The number of carbonyl (C=O) groups is 2. The van der Waals surface area contributed by atoms with Crippen LogP contribution in [0, 0.1) is 20.8 Å². The second kappa shape index (κ2) is 7.53. The Morgan fingerprint density at radius 2 is 1.85 bits per heavy atom. The molecule has 6 heteroatoms. The molecule has 0 aliphatic heterocycles. The number of anilines is 1. The average Bonchev–Trinajstić information content (AvgIpc) is 2.99. The minimum Gasteiger partial charge on any atom is -0.497 e. The molecule has 0 atom stereocenters. The summed E-state index contributed by atoms with van der Waals surface area (Å²) in [7, 11) is 1.57. The summed E-state index contributed by atoms with van der Waals surface area (Å²) in [6, 6.07) is 11.0. The molecule has 1 N–H and O–H groups in total. The molecule has 3 aromatic rings. The van der Waals surface area contributed by atoms with E-state index in [1.807, 2.05) is 32.0 Å². The number of hydrogen-bond acceptors (Lipinski definition) is 5. The molecular weight excluding hydrogens is 346 g/mol. The highest BCUT2D eigenvalue weighted by Gasteiger charge is 2.20. The van der Waals surface area contributed by atoms with Gasteiger partial charge >= 0.3 is 5.97 Å². The molecule has 27 heavy (non-hydrogen) atoms. The Kier molecular flexibility index (Phi) is 5.16. The molecule has 0 radical (unpaired) electrons. The van der Waals surface area contributed by atoms with Crippen LogP contribution < -0.4 is 10.1 Å². The Labute approximate surface area is 157 Å². The van der Waals surface area contributed by atoms with E-state index in [2.05, 4.69) is 5.32 Å². The van der Waals surface area contributed by atoms with Gasteiger partial charge in [0.15, 0.2) is 6.61 Å². The van der Waals surface area contributed by atoms with Crippen LogP contribution in [0.2, 0.25) is 0 Å². The van der Waals surface area contributed by atoms with Crippen molar-refractivity contribution >= 4 is 28.5 Å². The van der Waals surface area contributed by atoms with Crippen LogP contribution in [0.3, 0.4) is 0 Å². The maximum absolute atomic E-state index is 12.3. The molecular formula is C21H21NO5. The van der Waals surface area contributed by atoms with Crippen molar-refractivity contribution in [1.82, 2.24) is 0 Å². The van der Waals surface area contributed by atoms with Crippen LogP contribution in [-0.4, -0.2) is 25.6 Å². The van der Waals surface area contributed by atoms with Crippen molar-refractivity contribution in [2.75, 3.05) is 19.0 Å². The van der Waals surface area contributed by atoms with Crippen LogP contribution in [0.25, 0.3) is 11.0 Å². The topological polar surface area (TPSA) is 77.8 Å². The lowest BCUT2D eigenvalue weighted by atomic mass is 10.1. The molecule has 0 saturated carbocycles. The monoisotopic (exact) mass is 367 g/mol. The molecule has 1 amide bonds. The van der Waals surface area contributed by atoms with Gasteiger partial charge in [-0.3, -0.25) is 4.79 Å². The summed E-state index contributed by atoms with van der Waals surface area (Å²) in [5.41, 5.74) is 3.86. The molecule has 6 nitrogen and oxygen atoms in total. The lowest BCUT2D eigenvalue weighted by Gasteiger charge is -2.09. The molecule has 0 spiro atoms. The Morgan fingerprint density at radius 3 is 2.59 bits per heavy atom. The summed E-state index contributed by atoms with van der Waals surface area (Å²) in [6.45, 7) is 5.20. The van der Waals surface area contributed by atoms with Crippen molar-refractivity contribution < 1.29 is 23.5 Å². The second-order valence-electron chi connectivity index (χ2n) is 6.36. The zero-order valence-corrected chi connectivity index (χ0v) is 15.7. The van der Waals surface area contributed by atoms with E-state index in [1.165, 1.54) is 0 Å². The van der Waals surface area contributed by atoms with E-state index in [4.69, 9.17) is 13.9 Å². The van der Waals surface area contributed by atoms with Crippen LogP contribution >= 0.6 is 0 Å². The van der Waals surface area contributed by atoms with Crippen LogP contribution in [0.4, 0.5) is 5.69 Å². The van der Waals surface area contributed by atoms with Gasteiger partial charge in [0, 0.05) is 16.6 Å². The van der Waals surface area contributed by atoms with Crippen LogP contribution in [0.1, 0.15) is 27.2 Å². The molecule has 0 saturated heterocycles. The highest BCUT2D eigenvalue weighted by molar-refractivity contribution is 5.98. The van der Waals surface area contributed by atoms with Crippen molar-refractivity contribution in [3.63, 3.8) is 0 Å². The number of esters is 1. The molecule has 2 aromatic carbocycles. The smallest absolute Gasteiger partial charge is 0.375 e. The van der Waals surface area contributed by atoms with E-state index in [9.17, 15) is 9.59 Å². The van der Waals surface area contributed by atoms with Gasteiger partial charge in [-0.2, -0.15) is 0 Å². The number of carbonyl (C=O) groups excluding carboxylic acids is 2. The number of amides is 1. The zero-order valence-electron chi connectivity index (χ0n) is 15.7. The zero-order chi connectivity index (χ0) is 19.6. The first-order valence-electron chi connectivity index (χ1n) is 8.50. The van der Waals surface area contributed by atoms with Crippen molar-refractivity contribution in [2.45, 2.75) is 20.8 Å². The molecule has 0 unspecified atom stereocenters. The highest BCUT2D eigenvalue weighted by Crippen LogP contribution is 2.29. The molecule has 0 aliphatic carbocycles. The third-order valence-corrected chi connectivity index (χ3v) is 4.33. The van der Waals surface area contributed by atoms with Gasteiger partial charge in [-0.15, -0.1) is 0 Å². The van der Waals surface area contributed by atoms with Gasteiger partial charge in [0.1, 0.15) is 11.3 Å². The van der Waals surface area contributed by atoms with Crippen molar-refractivity contribution in [3.8, 4) is 5.75 Å². The van der Waals surface area contributed by atoms with Gasteiger partial charge in [0.25, 0.3) is 5.91 Å². The third kappa shape index (κ3) is 3.95. The summed E-state index contributed by atoms with van der Waals surface area (Å²) in [4.78, 5) is 24.5. The van der Waals surface area contributed by atoms with Crippen LogP contribution in [0.5, 0.6) is 5.75 Å². The van der Waals surface area contributed by atoms with Crippen molar-refractivity contribution in [3.05, 3.63) is 58.8 Å². The fraction of sp³-hybridized carbons (Fsp3) is 0.238. The number of nitrogens with one attached hydrogen (secondary N) is 1. The third-order valence-electron chi connectivity index (χ3n) is 4.33. The summed E-state index contributed by atoms with van der Waals surface area (Å²) < 4.78 is 15.9. The summed E-state index contributed by atoms with van der Waals surface area (Å²) in [6.07, 6.45) is 0. The molecule has 0 fully saturated rings. The number of furan rings is 1. The van der Waals surface area contributed by atoms with Gasteiger partial charge in [-0.25, -0.2) is 4.79 Å². The summed E-state index contributed by atoms with van der Waals surface area (Å²) >= 11 is 0. The van der Waals surface area contributed by atoms with E-state index >= 15 is 0 Å². The number of aryl methyl sites for hydroxylation is 3. The van der Waals surface area contributed by atoms with Gasteiger partial charge in [0.05, 0.1) is 7.11 Å². The molecule has 140 valence electrons. The molecule has 3 rings (SSSR count). The Hall–Kier alpha value is -3.28. The number of ether oxygens (including phenoxy) is 2. The normalized spacial score (nSPS) is 10.7. The van der Waals surface area contributed by atoms with Crippen molar-refractivity contribution in [2.24, 2.45) is 0 Å². The predicted octanol–water partition coefficient (Wildman–Crippen LogP) is 4.16. The maximum Gasteiger partial charge on any atom is 0.375 e. The van der Waals surface area contributed by atoms with E-state index in [0.29, 0.717) is 22.6 Å². The Morgan fingerprint density at radius 1 is 1.07 bits per heavy atom. The first kappa shape index (κ1) is 18.5. The predicted molar refractivity (Wildman–Crippen MR) is 102 cm³/mol. The summed E-state index contributed by atoms with van der Waals surface area (Å²) in [5.74, 6) is -0.344. The maximum atomic E-state index is 12.3. The standard InChI is InChI=1S/C21H21NO5/c1-12-5-6-13(2)17(9-12)22-19(23)11-26-21(24)20-14(3)16-10-15(25-4)7-8-18(16)27-20/h5-10H,11H2,1-4H3,(H,22,23). The fourth-order valence-electron chi connectivity index (χ4n) is 2.78. The quantitative estimate of drug-likeness (QED) is 0.685.